The third-order valence-electron chi connectivity index (χ3n) is 3.34. The van der Waals surface area contributed by atoms with Crippen LogP contribution in [0.2, 0.25) is 0 Å². The molecule has 1 rings (SSSR count). The lowest BCUT2D eigenvalue weighted by Gasteiger charge is -2.17. The van der Waals surface area contributed by atoms with E-state index in [0.29, 0.717) is 11.1 Å². The quantitative estimate of drug-likeness (QED) is 0.718. The maximum absolute atomic E-state index is 12.3. The van der Waals surface area contributed by atoms with Crippen molar-refractivity contribution in [1.82, 2.24) is 5.32 Å². The molecule has 0 aliphatic rings. The van der Waals surface area contributed by atoms with Gasteiger partial charge in [-0.15, -0.1) is 11.3 Å². The van der Waals surface area contributed by atoms with Gasteiger partial charge in [-0.25, -0.2) is 8.42 Å². The van der Waals surface area contributed by atoms with Crippen molar-refractivity contribution < 1.29 is 13.2 Å². The Morgan fingerprint density at radius 3 is 2.48 bits per heavy atom. The molecule has 7 heteroatoms. The first kappa shape index (κ1) is 18.5. The normalized spacial score (nSPS) is 13.1. The predicted octanol–water partition coefficient (Wildman–Crippen LogP) is 4.07. The van der Waals surface area contributed by atoms with Gasteiger partial charge in [-0.3, -0.25) is 4.79 Å². The molecule has 1 atom stereocenters. The molecule has 0 saturated carbocycles. The van der Waals surface area contributed by atoms with Gasteiger partial charge >= 0.3 is 0 Å². The van der Waals surface area contributed by atoms with E-state index in [2.05, 4.69) is 19.2 Å². The van der Waals surface area contributed by atoms with E-state index in [4.69, 9.17) is 10.7 Å². The van der Waals surface area contributed by atoms with Crippen molar-refractivity contribution in [1.29, 1.82) is 0 Å². The number of hydrogen-bond acceptors (Lipinski definition) is 4. The minimum Gasteiger partial charge on any atom is -0.349 e. The van der Waals surface area contributed by atoms with Gasteiger partial charge in [0.2, 0.25) is 0 Å². The minimum atomic E-state index is -3.79. The topological polar surface area (TPSA) is 63.2 Å². The number of rotatable bonds is 8. The summed E-state index contributed by atoms with van der Waals surface area (Å²) in [5.74, 6) is -0.218. The fraction of sp³-hybridized carbons (Fsp3) is 0.643. The third-order valence-corrected chi connectivity index (χ3v) is 6.65. The Hall–Kier alpha value is -0.590. The molecule has 0 aromatic carbocycles. The van der Waals surface area contributed by atoms with E-state index in [-0.39, 0.29) is 16.2 Å². The molecule has 1 unspecified atom stereocenters. The van der Waals surface area contributed by atoms with E-state index in [9.17, 15) is 13.2 Å². The number of thiophene rings is 1. The highest BCUT2D eigenvalue weighted by Crippen LogP contribution is 2.29. The zero-order valence-corrected chi connectivity index (χ0v) is 15.0. The van der Waals surface area contributed by atoms with Crippen LogP contribution >= 0.6 is 22.0 Å². The van der Waals surface area contributed by atoms with E-state index in [1.54, 1.807) is 12.3 Å². The molecule has 0 aliphatic carbocycles. The second kappa shape index (κ2) is 8.15. The molecular formula is C14H22ClNO3S2. The zero-order valence-electron chi connectivity index (χ0n) is 12.6. The second-order valence-electron chi connectivity index (χ2n) is 5.10. The summed E-state index contributed by atoms with van der Waals surface area (Å²) >= 11 is 0.989. The van der Waals surface area contributed by atoms with Gasteiger partial charge in [0.1, 0.15) is 4.21 Å². The zero-order chi connectivity index (χ0) is 16.0. The Morgan fingerprint density at radius 1 is 1.33 bits per heavy atom. The Balaban J connectivity index is 2.86. The van der Waals surface area contributed by atoms with Gasteiger partial charge in [0.25, 0.3) is 15.0 Å². The van der Waals surface area contributed by atoms with E-state index < -0.39 is 9.05 Å². The van der Waals surface area contributed by atoms with Crippen LogP contribution in [0.25, 0.3) is 0 Å². The number of hydrogen-bond donors (Lipinski definition) is 1. The highest BCUT2D eigenvalue weighted by atomic mass is 35.7. The molecule has 120 valence electrons. The van der Waals surface area contributed by atoms with Crippen molar-refractivity contribution in [2.75, 3.05) is 0 Å². The Bertz CT molecular complexity index is 581. The highest BCUT2D eigenvalue weighted by Gasteiger charge is 2.23. The monoisotopic (exact) mass is 351 g/mol. The number of unbranched alkanes of at least 4 members (excludes halogenated alkanes) is 1. The van der Waals surface area contributed by atoms with E-state index in [0.717, 1.165) is 43.4 Å². The lowest BCUT2D eigenvalue weighted by atomic mass is 10.0. The predicted molar refractivity (Wildman–Crippen MR) is 87.8 cm³/mol. The maximum Gasteiger partial charge on any atom is 0.271 e. The van der Waals surface area contributed by atoms with Crippen LogP contribution in [0.15, 0.2) is 9.59 Å². The van der Waals surface area contributed by atoms with Gasteiger partial charge in [-0.05, 0) is 25.3 Å². The molecule has 1 amide bonds. The van der Waals surface area contributed by atoms with E-state index in [1.807, 2.05) is 0 Å². The molecule has 0 fully saturated rings. The number of carbonyl (C=O) groups excluding carboxylic acids is 1. The van der Waals surface area contributed by atoms with Crippen LogP contribution in [-0.2, 0) is 9.05 Å². The van der Waals surface area contributed by atoms with Gasteiger partial charge in [-0.1, -0.05) is 33.1 Å². The van der Waals surface area contributed by atoms with Crippen LogP contribution < -0.4 is 5.32 Å². The molecule has 21 heavy (non-hydrogen) atoms. The Labute approximate surface area is 135 Å². The molecule has 0 spiro atoms. The standard InChI is InChI=1S/C14H22ClNO3S2/c1-4-6-8-11(7-5-2)16-13(17)12-9-20-14(10(12)3)21(15,18)19/h9,11H,4-8H2,1-3H3,(H,16,17). The lowest BCUT2D eigenvalue weighted by Crippen LogP contribution is -2.34. The fourth-order valence-electron chi connectivity index (χ4n) is 2.21. The lowest BCUT2D eigenvalue weighted by molar-refractivity contribution is 0.0932. The number of carbonyl (C=O) groups is 1. The number of halogens is 1. The van der Waals surface area contributed by atoms with E-state index in [1.165, 1.54) is 0 Å². The van der Waals surface area contributed by atoms with Gasteiger partial charge in [0.05, 0.1) is 5.56 Å². The van der Waals surface area contributed by atoms with Crippen molar-refractivity contribution in [3.63, 3.8) is 0 Å². The maximum atomic E-state index is 12.3. The molecule has 1 heterocycles. The second-order valence-corrected chi connectivity index (χ2v) is 8.74. The molecule has 1 aromatic heterocycles. The van der Waals surface area contributed by atoms with Crippen molar-refractivity contribution >= 4 is 37.0 Å². The van der Waals surface area contributed by atoms with Crippen LogP contribution in [0.5, 0.6) is 0 Å². The summed E-state index contributed by atoms with van der Waals surface area (Å²) in [6.07, 6.45) is 5.02. The van der Waals surface area contributed by atoms with Gasteiger partial charge < -0.3 is 5.32 Å². The van der Waals surface area contributed by atoms with Crippen molar-refractivity contribution in [3.05, 3.63) is 16.5 Å². The van der Waals surface area contributed by atoms with Crippen LogP contribution in [-0.4, -0.2) is 20.4 Å². The van der Waals surface area contributed by atoms with Gasteiger partial charge in [0.15, 0.2) is 0 Å². The summed E-state index contributed by atoms with van der Waals surface area (Å²) in [5.41, 5.74) is 0.829. The van der Waals surface area contributed by atoms with Gasteiger partial charge in [0, 0.05) is 22.1 Å². The average molecular weight is 352 g/mol. The minimum absolute atomic E-state index is 0.0508. The summed E-state index contributed by atoms with van der Waals surface area (Å²) in [6.45, 7) is 5.81. The third kappa shape index (κ3) is 5.27. The SMILES string of the molecule is CCCCC(CCC)NC(=O)c1csc(S(=O)(=O)Cl)c1C. The summed E-state index contributed by atoms with van der Waals surface area (Å²) in [6, 6.07) is 0.137. The summed E-state index contributed by atoms with van der Waals surface area (Å²) < 4.78 is 22.9. The molecule has 1 aromatic rings. The molecule has 0 radical (unpaired) electrons. The number of nitrogens with one attached hydrogen (secondary N) is 1. The molecular weight excluding hydrogens is 330 g/mol. The van der Waals surface area contributed by atoms with Crippen LogP contribution in [0.3, 0.4) is 0 Å². The van der Waals surface area contributed by atoms with Crippen molar-refractivity contribution in [2.24, 2.45) is 0 Å². The molecule has 4 nitrogen and oxygen atoms in total. The first-order valence-corrected chi connectivity index (χ1v) is 10.3. The molecule has 1 N–H and O–H groups in total. The number of amides is 1. The fourth-order valence-corrected chi connectivity index (χ4v) is 4.76. The first-order chi connectivity index (χ1) is 9.81. The van der Waals surface area contributed by atoms with Gasteiger partial charge in [-0.2, -0.15) is 0 Å². The van der Waals surface area contributed by atoms with Crippen molar-refractivity contribution in [2.45, 2.75) is 63.1 Å². The molecule has 0 saturated heterocycles. The summed E-state index contributed by atoms with van der Waals surface area (Å²) in [4.78, 5) is 12.3. The highest BCUT2D eigenvalue weighted by molar-refractivity contribution is 8.15. The first-order valence-electron chi connectivity index (χ1n) is 7.14. The van der Waals surface area contributed by atoms with Crippen LogP contribution in [0.4, 0.5) is 0 Å². The summed E-state index contributed by atoms with van der Waals surface area (Å²) in [7, 11) is 1.57. The average Bonchev–Trinajstić information content (AvgIpc) is 2.78. The summed E-state index contributed by atoms with van der Waals surface area (Å²) in [5, 5.41) is 4.56. The van der Waals surface area contributed by atoms with Crippen LogP contribution in [0, 0.1) is 6.92 Å². The van der Waals surface area contributed by atoms with Crippen LogP contribution in [0.1, 0.15) is 61.9 Å². The Kier molecular flexibility index (Phi) is 7.16. The Morgan fingerprint density at radius 2 is 2.00 bits per heavy atom. The smallest absolute Gasteiger partial charge is 0.271 e. The molecule has 0 bridgehead atoms. The van der Waals surface area contributed by atoms with E-state index >= 15 is 0 Å². The molecule has 0 aliphatic heterocycles. The van der Waals surface area contributed by atoms with Crippen molar-refractivity contribution in [3.8, 4) is 0 Å². The largest absolute Gasteiger partial charge is 0.349 e.